The largest absolute Gasteiger partial charge is 0.366 e. The van der Waals surface area contributed by atoms with Crippen molar-refractivity contribution >= 4 is 27.2 Å². The molecule has 0 radical (unpaired) electrons. The molecular formula is C13H17FN4O2S2. The fraction of sp³-hybridized carbons (Fsp3) is 0.385. The second-order valence-corrected chi connectivity index (χ2v) is 7.74. The van der Waals surface area contributed by atoms with Gasteiger partial charge in [-0.15, -0.1) is 11.3 Å². The lowest BCUT2D eigenvalue weighted by Gasteiger charge is -2.16. The lowest BCUT2D eigenvalue weighted by Crippen LogP contribution is -2.31. The Morgan fingerprint density at radius 1 is 1.41 bits per heavy atom. The van der Waals surface area contributed by atoms with Gasteiger partial charge in [0, 0.05) is 20.1 Å². The Kier molecular flexibility index (Phi) is 5.43. The van der Waals surface area contributed by atoms with Gasteiger partial charge in [-0.25, -0.2) is 22.8 Å². The predicted octanol–water partition coefficient (Wildman–Crippen LogP) is 1.97. The molecule has 9 heteroatoms. The van der Waals surface area contributed by atoms with Gasteiger partial charge < -0.3 is 5.32 Å². The lowest BCUT2D eigenvalue weighted by molar-refractivity contribution is 0.481. The molecule has 0 saturated carbocycles. The van der Waals surface area contributed by atoms with Gasteiger partial charge in [0.05, 0.1) is 5.69 Å². The van der Waals surface area contributed by atoms with Gasteiger partial charge in [0.25, 0.3) is 10.0 Å². The third kappa shape index (κ3) is 3.60. The molecule has 0 bridgehead atoms. The van der Waals surface area contributed by atoms with Crippen LogP contribution in [0.25, 0.3) is 0 Å². The summed E-state index contributed by atoms with van der Waals surface area (Å²) in [5.74, 6) is -0.400. The highest BCUT2D eigenvalue weighted by Gasteiger charge is 2.21. The van der Waals surface area contributed by atoms with Crippen LogP contribution >= 0.6 is 11.3 Å². The topological polar surface area (TPSA) is 75.2 Å². The molecule has 0 aliphatic rings. The second-order valence-electron chi connectivity index (χ2n) is 4.52. The maximum Gasteiger partial charge on any atom is 0.252 e. The van der Waals surface area contributed by atoms with E-state index in [1.807, 2.05) is 0 Å². The van der Waals surface area contributed by atoms with Crippen molar-refractivity contribution in [3.63, 3.8) is 0 Å². The van der Waals surface area contributed by atoms with E-state index >= 15 is 0 Å². The summed E-state index contributed by atoms with van der Waals surface area (Å²) < 4.78 is 39.9. The molecule has 0 fully saturated rings. The predicted molar refractivity (Wildman–Crippen MR) is 84.0 cm³/mol. The summed E-state index contributed by atoms with van der Waals surface area (Å²) in [6.07, 6.45) is 1.76. The number of anilines is 1. The first-order chi connectivity index (χ1) is 10.5. The number of nitrogens with zero attached hydrogens (tertiary/aromatic N) is 3. The van der Waals surface area contributed by atoms with Crippen molar-refractivity contribution in [2.75, 3.05) is 25.5 Å². The molecule has 2 heterocycles. The minimum Gasteiger partial charge on any atom is -0.366 e. The summed E-state index contributed by atoms with van der Waals surface area (Å²) in [5.41, 5.74) is 0.331. The number of nitrogens with one attached hydrogen (secondary N) is 1. The summed E-state index contributed by atoms with van der Waals surface area (Å²) in [6.45, 7) is 2.25. The van der Waals surface area contributed by atoms with Crippen LogP contribution in [0, 0.1) is 5.82 Å². The van der Waals surface area contributed by atoms with E-state index < -0.39 is 15.8 Å². The number of rotatable bonds is 7. The molecule has 2 rings (SSSR count). The van der Waals surface area contributed by atoms with E-state index in [0.29, 0.717) is 12.1 Å². The van der Waals surface area contributed by atoms with E-state index in [-0.39, 0.29) is 23.1 Å². The van der Waals surface area contributed by atoms with E-state index in [0.717, 1.165) is 11.3 Å². The first kappa shape index (κ1) is 16.8. The molecule has 22 heavy (non-hydrogen) atoms. The molecule has 120 valence electrons. The van der Waals surface area contributed by atoms with E-state index in [4.69, 9.17) is 0 Å². The molecule has 0 aliphatic carbocycles. The van der Waals surface area contributed by atoms with Gasteiger partial charge in [0.15, 0.2) is 11.6 Å². The SMILES string of the molecule is CCc1ncnc(NCCN(C)S(=O)(=O)c2cccs2)c1F. The van der Waals surface area contributed by atoms with Crippen LogP contribution in [0.5, 0.6) is 0 Å². The van der Waals surface area contributed by atoms with Crippen molar-refractivity contribution in [3.05, 3.63) is 35.4 Å². The minimum atomic E-state index is -3.49. The van der Waals surface area contributed by atoms with Crippen molar-refractivity contribution in [1.82, 2.24) is 14.3 Å². The Morgan fingerprint density at radius 2 is 2.18 bits per heavy atom. The first-order valence-electron chi connectivity index (χ1n) is 6.70. The summed E-state index contributed by atoms with van der Waals surface area (Å²) in [7, 11) is -2.00. The molecule has 0 amide bonds. The smallest absolute Gasteiger partial charge is 0.252 e. The Bertz CT molecular complexity index is 720. The van der Waals surface area contributed by atoms with Crippen molar-refractivity contribution in [3.8, 4) is 0 Å². The van der Waals surface area contributed by atoms with Gasteiger partial charge in [-0.2, -0.15) is 4.31 Å². The third-order valence-corrected chi connectivity index (χ3v) is 6.31. The molecule has 1 N–H and O–H groups in total. The van der Waals surface area contributed by atoms with Crippen LogP contribution in [-0.2, 0) is 16.4 Å². The second kappa shape index (κ2) is 7.12. The molecule has 2 aromatic heterocycles. The van der Waals surface area contributed by atoms with E-state index in [1.54, 1.807) is 24.4 Å². The summed E-state index contributed by atoms with van der Waals surface area (Å²) >= 11 is 1.16. The van der Waals surface area contributed by atoms with Crippen molar-refractivity contribution in [2.24, 2.45) is 0 Å². The van der Waals surface area contributed by atoms with Crippen LogP contribution < -0.4 is 5.32 Å². The zero-order valence-corrected chi connectivity index (χ0v) is 13.9. The number of likely N-dealkylation sites (N-methyl/N-ethyl adjacent to an activating group) is 1. The van der Waals surface area contributed by atoms with Gasteiger partial charge in [0.2, 0.25) is 0 Å². The lowest BCUT2D eigenvalue weighted by atomic mass is 10.3. The van der Waals surface area contributed by atoms with Crippen molar-refractivity contribution < 1.29 is 12.8 Å². The zero-order chi connectivity index (χ0) is 16.2. The summed E-state index contributed by atoms with van der Waals surface area (Å²) in [5, 5.41) is 4.52. The number of hydrogen-bond acceptors (Lipinski definition) is 6. The molecule has 0 aromatic carbocycles. The maximum absolute atomic E-state index is 13.9. The number of aromatic nitrogens is 2. The van der Waals surface area contributed by atoms with Gasteiger partial charge in [-0.3, -0.25) is 0 Å². The highest BCUT2D eigenvalue weighted by atomic mass is 32.2. The van der Waals surface area contributed by atoms with Crippen LogP contribution in [0.4, 0.5) is 10.2 Å². The fourth-order valence-corrected chi connectivity index (χ4v) is 4.16. The average molecular weight is 344 g/mol. The molecule has 0 unspecified atom stereocenters. The molecule has 0 spiro atoms. The van der Waals surface area contributed by atoms with Crippen molar-refractivity contribution in [2.45, 2.75) is 17.6 Å². The first-order valence-corrected chi connectivity index (χ1v) is 9.02. The third-order valence-electron chi connectivity index (χ3n) is 3.08. The maximum atomic E-state index is 13.9. The van der Waals surface area contributed by atoms with Crippen LogP contribution in [0.1, 0.15) is 12.6 Å². The Hall–Kier alpha value is -1.58. The number of hydrogen-bond donors (Lipinski definition) is 1. The summed E-state index contributed by atoms with van der Waals surface area (Å²) in [6, 6.07) is 3.24. The number of aryl methyl sites for hydroxylation is 1. The van der Waals surface area contributed by atoms with E-state index in [2.05, 4.69) is 15.3 Å². The van der Waals surface area contributed by atoms with Gasteiger partial charge >= 0.3 is 0 Å². The zero-order valence-electron chi connectivity index (χ0n) is 12.3. The normalized spacial score (nSPS) is 11.8. The van der Waals surface area contributed by atoms with Gasteiger partial charge in [0.1, 0.15) is 10.5 Å². The number of thiophene rings is 1. The summed E-state index contributed by atoms with van der Waals surface area (Å²) in [4.78, 5) is 7.68. The van der Waals surface area contributed by atoms with Crippen LogP contribution in [0.3, 0.4) is 0 Å². The minimum absolute atomic E-state index is 0.0915. The monoisotopic (exact) mass is 344 g/mol. The molecule has 2 aromatic rings. The van der Waals surface area contributed by atoms with Crippen LogP contribution in [0.2, 0.25) is 0 Å². The molecular weight excluding hydrogens is 327 g/mol. The standard InChI is InChI=1S/C13H17FN4O2S2/c1-3-10-12(14)13(17-9-16-10)15-6-7-18(2)22(19,20)11-5-4-8-21-11/h4-5,8-9H,3,6-7H2,1-2H3,(H,15,16,17). The van der Waals surface area contributed by atoms with Crippen LogP contribution in [-0.4, -0.2) is 42.8 Å². The molecule has 0 atom stereocenters. The Labute approximate surface area is 133 Å². The number of halogens is 1. The van der Waals surface area contributed by atoms with Crippen molar-refractivity contribution in [1.29, 1.82) is 0 Å². The highest BCUT2D eigenvalue weighted by Crippen LogP contribution is 2.19. The quantitative estimate of drug-likeness (QED) is 0.831. The molecule has 0 saturated heterocycles. The Balaban J connectivity index is 1.97. The van der Waals surface area contributed by atoms with Crippen LogP contribution in [0.15, 0.2) is 28.0 Å². The average Bonchev–Trinajstić information content (AvgIpc) is 3.04. The van der Waals surface area contributed by atoms with E-state index in [9.17, 15) is 12.8 Å². The van der Waals surface area contributed by atoms with E-state index in [1.165, 1.54) is 17.7 Å². The number of sulfonamides is 1. The van der Waals surface area contributed by atoms with Gasteiger partial charge in [-0.1, -0.05) is 13.0 Å². The molecule has 6 nitrogen and oxygen atoms in total. The highest BCUT2D eigenvalue weighted by molar-refractivity contribution is 7.91. The molecule has 0 aliphatic heterocycles. The van der Waals surface area contributed by atoms with Gasteiger partial charge in [-0.05, 0) is 17.9 Å². The fourth-order valence-electron chi connectivity index (χ4n) is 1.79. The Morgan fingerprint density at radius 3 is 2.82 bits per heavy atom.